The van der Waals surface area contributed by atoms with E-state index in [4.69, 9.17) is 9.47 Å². The molecule has 0 aliphatic rings. The Labute approximate surface area is 290 Å². The van der Waals surface area contributed by atoms with Gasteiger partial charge in [0.15, 0.2) is 0 Å². The van der Waals surface area contributed by atoms with Gasteiger partial charge in [0.1, 0.15) is 0 Å². The second-order valence-corrected chi connectivity index (χ2v) is 47.3. The number of unbranched alkanes of at least 4 members (excludes halogenated alkanes) is 1. The predicted molar refractivity (Wildman–Crippen MR) is 204 cm³/mol. The molecule has 0 saturated heterocycles. The Bertz CT molecular complexity index is 1780. The molecular formula is C38H48F2O2S2Sn2. The molecule has 2 nitrogen and oxygen atoms in total. The van der Waals surface area contributed by atoms with E-state index in [1.807, 2.05) is 47.8 Å². The van der Waals surface area contributed by atoms with Gasteiger partial charge >= 0.3 is 266 Å². The first kappa shape index (κ1) is 35.9. The summed E-state index contributed by atoms with van der Waals surface area (Å²) in [5, 5.41) is 2.28. The molecule has 246 valence electrons. The zero-order valence-corrected chi connectivity index (χ0v) is 36.2. The molecule has 0 aliphatic carbocycles. The molecule has 0 amide bonds. The molecule has 2 aromatic heterocycles. The molecular weight excluding hydrogens is 828 g/mol. The van der Waals surface area contributed by atoms with Crippen LogP contribution in [0.1, 0.15) is 46.5 Å². The predicted octanol–water partition coefficient (Wildman–Crippen LogP) is 11.8. The van der Waals surface area contributed by atoms with Crippen LogP contribution in [0.4, 0.5) is 8.78 Å². The van der Waals surface area contributed by atoms with Crippen molar-refractivity contribution in [2.45, 2.75) is 76.1 Å². The third-order valence-corrected chi connectivity index (χ3v) is 29.9. The summed E-state index contributed by atoms with van der Waals surface area (Å²) in [6.45, 7) is 7.20. The molecule has 0 aliphatic heterocycles. The molecule has 0 spiro atoms. The summed E-state index contributed by atoms with van der Waals surface area (Å²) in [4.78, 5) is 14.6. The van der Waals surface area contributed by atoms with Crippen molar-refractivity contribution in [3.05, 3.63) is 60.2 Å². The van der Waals surface area contributed by atoms with Crippen LogP contribution < -0.4 is 15.3 Å². The molecule has 1 unspecified atom stereocenters. The molecule has 0 radical (unpaired) electrons. The number of hydrogen-bond donors (Lipinski definition) is 0. The van der Waals surface area contributed by atoms with Gasteiger partial charge in [0.2, 0.25) is 0 Å². The quantitative estimate of drug-likeness (QED) is 0.110. The summed E-state index contributed by atoms with van der Waals surface area (Å²) in [5.41, 5.74) is 3.90. The number of ether oxygens (including phenoxy) is 2. The molecule has 0 fully saturated rings. The van der Waals surface area contributed by atoms with Crippen molar-refractivity contribution in [2.24, 2.45) is 5.92 Å². The normalized spacial score (nSPS) is 13.1. The summed E-state index contributed by atoms with van der Waals surface area (Å²) in [5.74, 6) is 0.360. The fraction of sp³-hybridized carbons (Fsp3) is 0.421. The minimum absolute atomic E-state index is 0.276. The molecule has 0 bridgehead atoms. The van der Waals surface area contributed by atoms with Crippen LogP contribution in [0.15, 0.2) is 48.5 Å². The second-order valence-electron chi connectivity index (χ2n) is 14.4. The van der Waals surface area contributed by atoms with Crippen LogP contribution >= 0.6 is 22.7 Å². The Balaban J connectivity index is 1.75. The molecule has 2 heterocycles. The Kier molecular flexibility index (Phi) is 11.4. The molecule has 8 heteroatoms. The van der Waals surface area contributed by atoms with E-state index in [0.29, 0.717) is 24.9 Å². The maximum absolute atomic E-state index is 15.9. The summed E-state index contributed by atoms with van der Waals surface area (Å²) in [6, 6.07) is 15.7. The zero-order chi connectivity index (χ0) is 33.4. The van der Waals surface area contributed by atoms with Gasteiger partial charge in [-0.05, 0) is 0 Å². The van der Waals surface area contributed by atoms with Crippen molar-refractivity contribution in [3.63, 3.8) is 0 Å². The fourth-order valence-corrected chi connectivity index (χ4v) is 18.8. The van der Waals surface area contributed by atoms with Crippen LogP contribution in [-0.2, 0) is 0 Å². The van der Waals surface area contributed by atoms with E-state index in [1.54, 1.807) is 18.2 Å². The summed E-state index contributed by atoms with van der Waals surface area (Å²) in [6.07, 6.45) is 4.45. The molecule has 0 N–H and O–H groups in total. The van der Waals surface area contributed by atoms with E-state index in [0.717, 1.165) is 68.1 Å². The molecule has 1 atom stereocenters. The topological polar surface area (TPSA) is 18.5 Å². The van der Waals surface area contributed by atoms with E-state index in [-0.39, 0.29) is 17.4 Å². The third-order valence-electron chi connectivity index (χ3n) is 8.69. The van der Waals surface area contributed by atoms with Crippen molar-refractivity contribution < 1.29 is 18.3 Å². The number of rotatable bonds is 13. The third kappa shape index (κ3) is 7.60. The molecule has 5 aromatic rings. The van der Waals surface area contributed by atoms with Crippen molar-refractivity contribution in [2.75, 3.05) is 13.2 Å². The van der Waals surface area contributed by atoms with E-state index in [2.05, 4.69) is 55.6 Å². The summed E-state index contributed by atoms with van der Waals surface area (Å²) < 4.78 is 48.1. The van der Waals surface area contributed by atoms with Gasteiger partial charge in [-0.25, -0.2) is 0 Å². The summed E-state index contributed by atoms with van der Waals surface area (Å²) in [7, 11) is 0. The Hall–Kier alpha value is -1.36. The Morgan fingerprint density at radius 2 is 1.15 bits per heavy atom. The van der Waals surface area contributed by atoms with Crippen LogP contribution in [0.3, 0.4) is 0 Å². The van der Waals surface area contributed by atoms with Crippen molar-refractivity contribution in [3.8, 4) is 33.8 Å². The van der Waals surface area contributed by atoms with Gasteiger partial charge in [0, 0.05) is 0 Å². The van der Waals surface area contributed by atoms with Gasteiger partial charge in [0.25, 0.3) is 0 Å². The fourth-order valence-electron chi connectivity index (χ4n) is 5.89. The summed E-state index contributed by atoms with van der Waals surface area (Å²) >= 11 is -1.34. The number of benzene rings is 3. The van der Waals surface area contributed by atoms with E-state index < -0.39 is 36.8 Å². The second kappa shape index (κ2) is 14.6. The number of thiophene rings is 2. The van der Waals surface area contributed by atoms with Gasteiger partial charge in [-0.3, -0.25) is 0 Å². The first-order valence-electron chi connectivity index (χ1n) is 16.7. The van der Waals surface area contributed by atoms with Crippen molar-refractivity contribution >= 4 is 85.4 Å². The van der Waals surface area contributed by atoms with Gasteiger partial charge in [-0.15, -0.1) is 0 Å². The number of hydrogen-bond acceptors (Lipinski definition) is 4. The minimum atomic E-state index is -2.53. The van der Waals surface area contributed by atoms with Crippen molar-refractivity contribution in [1.29, 1.82) is 0 Å². The van der Waals surface area contributed by atoms with E-state index >= 15 is 8.78 Å². The monoisotopic (exact) mass is 878 g/mol. The van der Waals surface area contributed by atoms with Gasteiger partial charge < -0.3 is 0 Å². The van der Waals surface area contributed by atoms with Gasteiger partial charge in [-0.2, -0.15) is 0 Å². The van der Waals surface area contributed by atoms with E-state index in [1.165, 1.54) is 5.79 Å². The Morgan fingerprint density at radius 3 is 1.54 bits per heavy atom. The maximum atomic E-state index is 15.9. The first-order chi connectivity index (χ1) is 21.8. The van der Waals surface area contributed by atoms with Crippen LogP contribution in [0.2, 0.25) is 29.6 Å². The molecule has 46 heavy (non-hydrogen) atoms. The van der Waals surface area contributed by atoms with Gasteiger partial charge in [0.05, 0.1) is 0 Å². The number of fused-ring (bicyclic) bond motifs is 2. The molecule has 3 aromatic carbocycles. The molecule has 5 rings (SSSR count). The average Bonchev–Trinajstić information content (AvgIpc) is 3.63. The first-order valence-corrected chi connectivity index (χ1v) is 38.3. The van der Waals surface area contributed by atoms with Gasteiger partial charge in [-0.1, -0.05) is 26.7 Å². The van der Waals surface area contributed by atoms with Crippen LogP contribution in [0, 0.1) is 17.6 Å². The standard InChI is InChI=1S/C32H30F2O2S2.6CH3.2Sn/c1-4-7-8-20(5-2)19-36-28-12-10-22(18-26(28)34)30-24-14-16-37-31(24)29(23-13-15-38-32(23)30)21-9-11-27(35-6-3)25(33)17-21;;;;;;;;/h9-14,17-18,20H,4-8,19H2,1-3H3;6*1H3;;. The Morgan fingerprint density at radius 1 is 0.674 bits per heavy atom. The zero-order valence-electron chi connectivity index (χ0n) is 28.8. The average molecular weight is 876 g/mol. The van der Waals surface area contributed by atoms with Crippen LogP contribution in [0.5, 0.6) is 11.5 Å². The SMILES string of the molecule is CCCCC(CC)COc1ccc(-c2c3c[c]([Sn]([CH3])([CH3])[CH3])sc3c(-c3ccc(OCC)c(F)c3)c3c[c]([Sn]([CH3])([CH3])[CH3])sc23)cc1F. The van der Waals surface area contributed by atoms with Crippen LogP contribution in [-0.4, -0.2) is 50.0 Å². The van der Waals surface area contributed by atoms with Crippen LogP contribution in [0.25, 0.3) is 42.4 Å². The number of halogens is 2. The molecule has 0 saturated carbocycles. The van der Waals surface area contributed by atoms with Crippen molar-refractivity contribution in [1.82, 2.24) is 0 Å². The van der Waals surface area contributed by atoms with E-state index in [9.17, 15) is 0 Å².